The van der Waals surface area contributed by atoms with Gasteiger partial charge in [-0.25, -0.2) is 13.2 Å². The number of nitrogens with one attached hydrogen (secondary N) is 1. The topological polar surface area (TPSA) is 110 Å². The molecule has 1 unspecified atom stereocenters. The predicted molar refractivity (Wildman–Crippen MR) is 90.9 cm³/mol. The number of hydrogen-bond acceptors (Lipinski definition) is 6. The number of nitrogens with zero attached hydrogens (tertiary/aromatic N) is 1. The first-order chi connectivity index (χ1) is 11.8. The maximum atomic E-state index is 12.3. The van der Waals surface area contributed by atoms with Gasteiger partial charge in [0, 0.05) is 18.3 Å². The van der Waals surface area contributed by atoms with Crippen molar-refractivity contribution < 1.29 is 27.5 Å². The fraction of sp³-hybridized carbons (Fsp3) is 0.438. The van der Waals surface area contributed by atoms with Crippen LogP contribution in [0.4, 0.5) is 5.69 Å². The summed E-state index contributed by atoms with van der Waals surface area (Å²) >= 11 is 0. The van der Waals surface area contributed by atoms with Crippen molar-refractivity contribution >= 4 is 33.3 Å². The number of likely N-dealkylation sites (N-methyl/N-ethyl adjacent to an activating group) is 1. The normalized spacial score (nSPS) is 18.4. The van der Waals surface area contributed by atoms with Crippen molar-refractivity contribution in [3.05, 3.63) is 29.8 Å². The second kappa shape index (κ2) is 7.64. The van der Waals surface area contributed by atoms with Gasteiger partial charge in [0.15, 0.2) is 9.84 Å². The molecule has 1 heterocycles. The van der Waals surface area contributed by atoms with Crippen molar-refractivity contribution in [3.8, 4) is 0 Å². The Bertz CT molecular complexity index is 772. The molecule has 1 aromatic rings. The highest BCUT2D eigenvalue weighted by molar-refractivity contribution is 7.91. The number of carbonyl (C=O) groups excluding carboxylic acids is 3. The van der Waals surface area contributed by atoms with E-state index in [-0.39, 0.29) is 18.1 Å². The Kier molecular flexibility index (Phi) is 5.78. The molecule has 1 atom stereocenters. The SMILES string of the molecule is CCN(C(=O)C(=O)Nc1ccc(C(=O)OC)cc1)C1CCS(=O)(=O)C1. The molecule has 1 aromatic carbocycles. The van der Waals surface area contributed by atoms with Crippen LogP contribution in [0.5, 0.6) is 0 Å². The molecule has 0 aliphatic carbocycles. The van der Waals surface area contributed by atoms with E-state index in [1.54, 1.807) is 6.92 Å². The van der Waals surface area contributed by atoms with Gasteiger partial charge in [-0.3, -0.25) is 9.59 Å². The molecule has 0 radical (unpaired) electrons. The summed E-state index contributed by atoms with van der Waals surface area (Å²) in [6.07, 6.45) is 0.336. The highest BCUT2D eigenvalue weighted by Crippen LogP contribution is 2.18. The van der Waals surface area contributed by atoms with Gasteiger partial charge in [0.2, 0.25) is 0 Å². The number of sulfone groups is 1. The molecule has 136 valence electrons. The van der Waals surface area contributed by atoms with Crippen LogP contribution in [0.3, 0.4) is 0 Å². The maximum absolute atomic E-state index is 12.3. The second-order valence-electron chi connectivity index (χ2n) is 5.67. The van der Waals surface area contributed by atoms with Gasteiger partial charge in [-0.2, -0.15) is 0 Å². The molecule has 25 heavy (non-hydrogen) atoms. The molecule has 1 N–H and O–H groups in total. The van der Waals surface area contributed by atoms with Gasteiger partial charge in [0.1, 0.15) is 0 Å². The van der Waals surface area contributed by atoms with Crippen LogP contribution in [-0.4, -0.2) is 62.3 Å². The molecule has 9 heteroatoms. The molecule has 2 rings (SSSR count). The lowest BCUT2D eigenvalue weighted by atomic mass is 10.2. The van der Waals surface area contributed by atoms with Gasteiger partial charge in [-0.1, -0.05) is 0 Å². The Balaban J connectivity index is 2.03. The van der Waals surface area contributed by atoms with E-state index in [2.05, 4.69) is 10.1 Å². The first-order valence-corrected chi connectivity index (χ1v) is 9.60. The van der Waals surface area contributed by atoms with Crippen LogP contribution in [0, 0.1) is 0 Å². The van der Waals surface area contributed by atoms with E-state index in [0.29, 0.717) is 17.7 Å². The number of amides is 2. The van der Waals surface area contributed by atoms with E-state index in [1.165, 1.54) is 36.3 Å². The molecule has 8 nitrogen and oxygen atoms in total. The first-order valence-electron chi connectivity index (χ1n) is 7.78. The number of ether oxygens (including phenoxy) is 1. The smallest absolute Gasteiger partial charge is 0.337 e. The van der Waals surface area contributed by atoms with Crippen molar-refractivity contribution in [2.75, 3.05) is 30.5 Å². The average molecular weight is 368 g/mol. The predicted octanol–water partition coefficient (Wildman–Crippen LogP) is 0.447. The molecular formula is C16H20N2O6S. The van der Waals surface area contributed by atoms with E-state index < -0.39 is 33.7 Å². The number of benzene rings is 1. The number of carbonyl (C=O) groups is 3. The van der Waals surface area contributed by atoms with E-state index in [9.17, 15) is 22.8 Å². The molecule has 1 aliphatic rings. The average Bonchev–Trinajstić information content (AvgIpc) is 2.95. The lowest BCUT2D eigenvalue weighted by molar-refractivity contribution is -0.144. The van der Waals surface area contributed by atoms with Gasteiger partial charge in [0.25, 0.3) is 0 Å². The molecule has 1 fully saturated rings. The number of rotatable bonds is 4. The van der Waals surface area contributed by atoms with Gasteiger partial charge in [0.05, 0.1) is 24.2 Å². The Morgan fingerprint density at radius 1 is 1.24 bits per heavy atom. The monoisotopic (exact) mass is 368 g/mol. The molecule has 1 saturated heterocycles. The van der Waals surface area contributed by atoms with E-state index in [1.807, 2.05) is 0 Å². The zero-order chi connectivity index (χ0) is 18.6. The highest BCUT2D eigenvalue weighted by atomic mass is 32.2. The molecule has 0 spiro atoms. The molecule has 0 saturated carbocycles. The first kappa shape index (κ1) is 18.9. The van der Waals surface area contributed by atoms with E-state index in [0.717, 1.165) is 0 Å². The van der Waals surface area contributed by atoms with Gasteiger partial charge >= 0.3 is 17.8 Å². The number of anilines is 1. The largest absolute Gasteiger partial charge is 0.465 e. The summed E-state index contributed by atoms with van der Waals surface area (Å²) in [5.41, 5.74) is 0.666. The minimum absolute atomic E-state index is 0.0258. The Labute approximate surface area is 146 Å². The number of methoxy groups -OCH3 is 1. The summed E-state index contributed by atoms with van der Waals surface area (Å²) in [6, 6.07) is 5.41. The summed E-state index contributed by atoms with van der Waals surface area (Å²) in [7, 11) is -1.89. The van der Waals surface area contributed by atoms with Crippen LogP contribution in [0.25, 0.3) is 0 Å². The van der Waals surface area contributed by atoms with Crippen molar-refractivity contribution in [2.24, 2.45) is 0 Å². The van der Waals surface area contributed by atoms with Crippen LogP contribution in [-0.2, 0) is 24.2 Å². The third-order valence-electron chi connectivity index (χ3n) is 4.01. The third kappa shape index (κ3) is 4.56. The van der Waals surface area contributed by atoms with Gasteiger partial charge in [-0.05, 0) is 37.6 Å². The Hall–Kier alpha value is -2.42. The van der Waals surface area contributed by atoms with Crippen LogP contribution >= 0.6 is 0 Å². The molecule has 0 bridgehead atoms. The van der Waals surface area contributed by atoms with Crippen LogP contribution in [0.15, 0.2) is 24.3 Å². The zero-order valence-electron chi connectivity index (χ0n) is 14.0. The zero-order valence-corrected chi connectivity index (χ0v) is 14.8. The Morgan fingerprint density at radius 2 is 1.88 bits per heavy atom. The minimum atomic E-state index is -3.15. The molecule has 2 amide bonds. The molecule has 1 aliphatic heterocycles. The second-order valence-corrected chi connectivity index (χ2v) is 7.90. The highest BCUT2D eigenvalue weighted by Gasteiger charge is 2.35. The van der Waals surface area contributed by atoms with E-state index in [4.69, 9.17) is 0 Å². The lowest BCUT2D eigenvalue weighted by Crippen LogP contribution is -2.46. The lowest BCUT2D eigenvalue weighted by Gasteiger charge is -2.26. The quantitative estimate of drug-likeness (QED) is 0.610. The fourth-order valence-electron chi connectivity index (χ4n) is 2.71. The molecule has 0 aromatic heterocycles. The molecular weight excluding hydrogens is 348 g/mol. The van der Waals surface area contributed by atoms with Crippen molar-refractivity contribution in [1.82, 2.24) is 4.90 Å². The van der Waals surface area contributed by atoms with Crippen LogP contribution < -0.4 is 5.32 Å². The van der Waals surface area contributed by atoms with E-state index >= 15 is 0 Å². The van der Waals surface area contributed by atoms with Crippen molar-refractivity contribution in [2.45, 2.75) is 19.4 Å². The summed E-state index contributed by atoms with van der Waals surface area (Å²) in [5, 5.41) is 2.45. The van der Waals surface area contributed by atoms with Crippen molar-refractivity contribution in [3.63, 3.8) is 0 Å². The summed E-state index contributed by atoms with van der Waals surface area (Å²) in [4.78, 5) is 37.1. The Morgan fingerprint density at radius 3 is 2.36 bits per heavy atom. The summed E-state index contributed by atoms with van der Waals surface area (Å²) < 4.78 is 27.7. The number of hydrogen-bond donors (Lipinski definition) is 1. The van der Waals surface area contributed by atoms with Gasteiger partial charge in [-0.15, -0.1) is 0 Å². The fourth-order valence-corrected chi connectivity index (χ4v) is 4.44. The third-order valence-corrected chi connectivity index (χ3v) is 5.76. The summed E-state index contributed by atoms with van der Waals surface area (Å²) in [6.45, 7) is 1.94. The van der Waals surface area contributed by atoms with Gasteiger partial charge < -0.3 is 15.0 Å². The maximum Gasteiger partial charge on any atom is 0.337 e. The minimum Gasteiger partial charge on any atom is -0.465 e. The standard InChI is InChI=1S/C16H20N2O6S/c1-3-18(13-8-9-25(22,23)10-13)15(20)14(19)17-12-6-4-11(5-7-12)16(21)24-2/h4-7,13H,3,8-10H2,1-2H3,(H,17,19). The van der Waals surface area contributed by atoms with Crippen LogP contribution in [0.1, 0.15) is 23.7 Å². The van der Waals surface area contributed by atoms with Crippen molar-refractivity contribution in [1.29, 1.82) is 0 Å². The summed E-state index contributed by atoms with van der Waals surface area (Å²) in [5.74, 6) is -2.22. The van der Waals surface area contributed by atoms with Crippen LogP contribution in [0.2, 0.25) is 0 Å². The number of esters is 1.